The number of halogens is 2. The van der Waals surface area contributed by atoms with Crippen molar-refractivity contribution in [2.45, 2.75) is 13.3 Å². The van der Waals surface area contributed by atoms with Crippen molar-refractivity contribution in [3.63, 3.8) is 0 Å². The maximum absolute atomic E-state index is 6.04. The number of benzene rings is 1. The predicted molar refractivity (Wildman–Crippen MR) is 65.2 cm³/mol. The van der Waals surface area contributed by atoms with Crippen LogP contribution in [0, 0.1) is 6.92 Å². The van der Waals surface area contributed by atoms with Gasteiger partial charge in [-0.2, -0.15) is 0 Å². The van der Waals surface area contributed by atoms with E-state index < -0.39 is 0 Å². The topological polar surface area (TPSA) is 21.3 Å². The number of hydrogen-bond donors (Lipinski definition) is 1. The Labute approximate surface area is 101 Å². The quantitative estimate of drug-likeness (QED) is 0.491. The van der Waals surface area contributed by atoms with E-state index in [-0.39, 0.29) is 0 Å². The van der Waals surface area contributed by atoms with Gasteiger partial charge in [0.1, 0.15) is 5.75 Å². The van der Waals surface area contributed by atoms with Crippen molar-refractivity contribution >= 4 is 23.2 Å². The molecule has 4 heteroatoms. The summed E-state index contributed by atoms with van der Waals surface area (Å²) in [5.74, 6) is 0.725. The Morgan fingerprint density at radius 2 is 2.13 bits per heavy atom. The van der Waals surface area contributed by atoms with Gasteiger partial charge in [-0.3, -0.25) is 0 Å². The molecule has 0 spiro atoms. The highest BCUT2D eigenvalue weighted by Crippen LogP contribution is 2.27. The fourth-order valence-electron chi connectivity index (χ4n) is 1.41. The number of nitrogens with one attached hydrogen (secondary N) is 1. The number of hydrogen-bond acceptors (Lipinski definition) is 2. The van der Waals surface area contributed by atoms with E-state index in [2.05, 4.69) is 12.2 Å². The smallest absolute Gasteiger partial charge is 0.137 e. The van der Waals surface area contributed by atoms with Gasteiger partial charge in [-0.15, -0.1) is 11.6 Å². The first-order valence-electron chi connectivity index (χ1n) is 4.78. The number of ether oxygens (including phenoxy) is 1. The van der Waals surface area contributed by atoms with E-state index >= 15 is 0 Å². The van der Waals surface area contributed by atoms with Gasteiger partial charge in [-0.1, -0.05) is 11.6 Å². The summed E-state index contributed by atoms with van der Waals surface area (Å²) in [5.41, 5.74) is 2.41. The second-order valence-electron chi connectivity index (χ2n) is 3.30. The van der Waals surface area contributed by atoms with E-state index in [1.54, 1.807) is 7.11 Å². The SMILES string of the molecule is COc1cc(C)c(CCNCCl)cc1Cl. The standard InChI is InChI=1S/C11H15Cl2NO/c1-8-5-11(15-2)10(13)6-9(8)3-4-14-7-12/h5-6,14H,3-4,7H2,1-2H3. The molecule has 0 saturated heterocycles. The molecule has 0 heterocycles. The van der Waals surface area contributed by atoms with Crippen LogP contribution < -0.4 is 10.1 Å². The lowest BCUT2D eigenvalue weighted by molar-refractivity contribution is 0.414. The monoisotopic (exact) mass is 247 g/mol. The average Bonchev–Trinajstić information content (AvgIpc) is 2.23. The highest BCUT2D eigenvalue weighted by atomic mass is 35.5. The third kappa shape index (κ3) is 3.56. The molecule has 15 heavy (non-hydrogen) atoms. The van der Waals surface area contributed by atoms with E-state index in [1.165, 1.54) is 11.1 Å². The molecular weight excluding hydrogens is 233 g/mol. The average molecular weight is 248 g/mol. The van der Waals surface area contributed by atoms with Crippen LogP contribution in [0.1, 0.15) is 11.1 Å². The zero-order valence-corrected chi connectivity index (χ0v) is 10.5. The van der Waals surface area contributed by atoms with Crippen LogP contribution in [-0.2, 0) is 6.42 Å². The molecule has 2 nitrogen and oxygen atoms in total. The van der Waals surface area contributed by atoms with Crippen molar-refractivity contribution in [2.75, 3.05) is 19.7 Å². The van der Waals surface area contributed by atoms with Gasteiger partial charge < -0.3 is 10.1 Å². The summed E-state index contributed by atoms with van der Waals surface area (Å²) in [5, 5.41) is 3.72. The molecule has 1 rings (SSSR count). The largest absolute Gasteiger partial charge is 0.495 e. The van der Waals surface area contributed by atoms with Crippen LogP contribution in [0.15, 0.2) is 12.1 Å². The second kappa shape index (κ2) is 6.21. The number of methoxy groups -OCH3 is 1. The van der Waals surface area contributed by atoms with Gasteiger partial charge in [-0.05, 0) is 36.6 Å². The minimum Gasteiger partial charge on any atom is -0.495 e. The molecule has 1 aromatic rings. The molecule has 0 aliphatic rings. The first-order valence-corrected chi connectivity index (χ1v) is 5.70. The maximum Gasteiger partial charge on any atom is 0.137 e. The zero-order chi connectivity index (χ0) is 11.3. The summed E-state index contributed by atoms with van der Waals surface area (Å²) < 4.78 is 5.14. The van der Waals surface area contributed by atoms with Crippen molar-refractivity contribution in [1.29, 1.82) is 0 Å². The van der Waals surface area contributed by atoms with E-state index in [4.69, 9.17) is 27.9 Å². The lowest BCUT2D eigenvalue weighted by Crippen LogP contribution is -2.15. The Bertz CT molecular complexity index is 329. The molecule has 1 aromatic carbocycles. The summed E-state index contributed by atoms with van der Waals surface area (Å²) in [7, 11) is 1.62. The molecular formula is C11H15Cl2NO. The number of alkyl halides is 1. The predicted octanol–water partition coefficient (Wildman–Crippen LogP) is 2.99. The van der Waals surface area contributed by atoms with Gasteiger partial charge in [0.2, 0.25) is 0 Å². The van der Waals surface area contributed by atoms with Crippen molar-refractivity contribution in [2.24, 2.45) is 0 Å². The van der Waals surface area contributed by atoms with Crippen molar-refractivity contribution < 1.29 is 4.74 Å². The molecule has 0 aromatic heterocycles. The molecule has 0 amide bonds. The zero-order valence-electron chi connectivity index (χ0n) is 8.94. The highest BCUT2D eigenvalue weighted by Gasteiger charge is 2.05. The summed E-state index contributed by atoms with van der Waals surface area (Å²) in [6.45, 7) is 2.90. The van der Waals surface area contributed by atoms with Crippen LogP contribution in [0.5, 0.6) is 5.75 Å². The minimum absolute atomic E-state index is 0.475. The molecule has 0 saturated carbocycles. The van der Waals surface area contributed by atoms with Gasteiger partial charge in [0.25, 0.3) is 0 Å². The van der Waals surface area contributed by atoms with Gasteiger partial charge in [0.15, 0.2) is 0 Å². The molecule has 0 bridgehead atoms. The fraction of sp³-hybridized carbons (Fsp3) is 0.455. The van der Waals surface area contributed by atoms with Crippen LogP contribution in [0.25, 0.3) is 0 Å². The first kappa shape index (κ1) is 12.6. The van der Waals surface area contributed by atoms with E-state index in [0.717, 1.165) is 18.7 Å². The minimum atomic E-state index is 0.475. The van der Waals surface area contributed by atoms with Crippen LogP contribution in [0.2, 0.25) is 5.02 Å². The molecule has 0 atom stereocenters. The first-order chi connectivity index (χ1) is 7.19. The maximum atomic E-state index is 6.04. The van der Waals surface area contributed by atoms with Gasteiger partial charge >= 0.3 is 0 Å². The summed E-state index contributed by atoms with van der Waals surface area (Å²) in [6.07, 6.45) is 0.919. The van der Waals surface area contributed by atoms with E-state index in [1.807, 2.05) is 12.1 Å². The summed E-state index contributed by atoms with van der Waals surface area (Å²) in [6, 6.07) is 4.38. The Morgan fingerprint density at radius 3 is 2.73 bits per heavy atom. The van der Waals surface area contributed by atoms with Crippen molar-refractivity contribution in [3.8, 4) is 5.75 Å². The Balaban J connectivity index is 2.76. The van der Waals surface area contributed by atoms with Crippen molar-refractivity contribution in [1.82, 2.24) is 5.32 Å². The normalized spacial score (nSPS) is 10.4. The van der Waals surface area contributed by atoms with Crippen molar-refractivity contribution in [3.05, 3.63) is 28.3 Å². The van der Waals surface area contributed by atoms with Crippen LogP contribution in [-0.4, -0.2) is 19.7 Å². The lowest BCUT2D eigenvalue weighted by Gasteiger charge is -2.10. The van der Waals surface area contributed by atoms with E-state index in [9.17, 15) is 0 Å². The molecule has 0 radical (unpaired) electrons. The van der Waals surface area contributed by atoms with Gasteiger partial charge in [0, 0.05) is 6.54 Å². The molecule has 0 aliphatic carbocycles. The van der Waals surface area contributed by atoms with Gasteiger partial charge in [0.05, 0.1) is 18.1 Å². The Morgan fingerprint density at radius 1 is 1.40 bits per heavy atom. The van der Waals surface area contributed by atoms with Crippen LogP contribution in [0.4, 0.5) is 0 Å². The van der Waals surface area contributed by atoms with Crippen LogP contribution >= 0.6 is 23.2 Å². The number of aryl methyl sites for hydroxylation is 1. The third-order valence-electron chi connectivity index (χ3n) is 2.28. The summed E-state index contributed by atoms with van der Waals surface area (Å²) >= 11 is 11.6. The summed E-state index contributed by atoms with van der Waals surface area (Å²) in [4.78, 5) is 0. The van der Waals surface area contributed by atoms with Crippen LogP contribution in [0.3, 0.4) is 0 Å². The number of rotatable bonds is 5. The van der Waals surface area contributed by atoms with E-state index in [0.29, 0.717) is 11.0 Å². The molecule has 1 N–H and O–H groups in total. The molecule has 0 unspecified atom stereocenters. The molecule has 0 aliphatic heterocycles. The molecule has 84 valence electrons. The highest BCUT2D eigenvalue weighted by molar-refractivity contribution is 6.32. The third-order valence-corrected chi connectivity index (χ3v) is 2.76. The lowest BCUT2D eigenvalue weighted by atomic mass is 10.1. The second-order valence-corrected chi connectivity index (χ2v) is 3.97. The Kier molecular flexibility index (Phi) is 5.23. The Hall–Kier alpha value is -0.440. The fourth-order valence-corrected chi connectivity index (χ4v) is 1.81. The molecule has 0 fully saturated rings. The van der Waals surface area contributed by atoms with Gasteiger partial charge in [-0.25, -0.2) is 0 Å².